The summed E-state index contributed by atoms with van der Waals surface area (Å²) in [6.45, 7) is 0. The minimum atomic E-state index is 0.890. The second kappa shape index (κ2) is 18.9. The molecule has 5 aliphatic rings. The van der Waals surface area contributed by atoms with Gasteiger partial charge in [-0.3, -0.25) is 0 Å². The van der Waals surface area contributed by atoms with Crippen LogP contribution in [0.25, 0.3) is 68.3 Å². The third kappa shape index (κ3) is 8.27. The molecule has 314 valence electrons. The second-order valence-corrected chi connectivity index (χ2v) is 36.5. The Morgan fingerprint density at radius 1 is 0.338 bits per heavy atom. The first-order valence-corrected chi connectivity index (χ1v) is 37.9. The van der Waals surface area contributed by atoms with Crippen molar-refractivity contribution in [3.8, 4) is 68.3 Å². The molecule has 0 amide bonds. The van der Waals surface area contributed by atoms with Gasteiger partial charge >= 0.3 is 0 Å². The van der Waals surface area contributed by atoms with E-state index in [1.54, 1.807) is 22.7 Å². The van der Waals surface area contributed by atoms with Crippen LogP contribution in [-0.4, -0.2) is 87.7 Å². The van der Waals surface area contributed by atoms with Crippen LogP contribution in [0.3, 0.4) is 0 Å². The van der Waals surface area contributed by atoms with Gasteiger partial charge in [-0.15, -0.1) is 102 Å². The van der Waals surface area contributed by atoms with Gasteiger partial charge in [0.15, 0.2) is 77.4 Å². The van der Waals surface area contributed by atoms with Crippen molar-refractivity contribution in [3.63, 3.8) is 0 Å². The van der Waals surface area contributed by atoms with Crippen LogP contribution < -0.4 is 16.9 Å². The molecule has 0 saturated carbocycles. The van der Waals surface area contributed by atoms with Gasteiger partial charge in [0.1, 0.15) is 0 Å². The molecule has 0 aromatic carbocycles. The highest BCUT2D eigenvalue weighted by molar-refractivity contribution is 7.98. The molecule has 0 atom stereocenters. The fourth-order valence-electron chi connectivity index (χ4n) is 8.33. The van der Waals surface area contributed by atoms with Gasteiger partial charge in [0.2, 0.25) is 0 Å². The minimum absolute atomic E-state index is 0.890. The molecule has 0 unspecified atom stereocenters. The van der Waals surface area contributed by atoms with Gasteiger partial charge in [-0.2, -0.15) is 0 Å². The summed E-state index contributed by atoms with van der Waals surface area (Å²) < 4.78 is 11.2. The number of hydrogen-bond acceptors (Lipinski definition) is 12. The summed E-state index contributed by atoms with van der Waals surface area (Å²) in [6, 6.07) is 38.9. The molecule has 65 heavy (non-hydrogen) atoms. The molecule has 21 heteroatoms. The van der Waals surface area contributed by atoms with Crippen LogP contribution in [0.5, 0.6) is 0 Å². The largest absolute Gasteiger partial charge is 0.424 e. The standard InChI is InChI=1S/C44H32N4S9Si8/c1-3-33(49-15-1)41-37-39(47-62-21-17-58-45(37)59-18-22-63-47)43(56-41)35-13-11-31(54-35)29-9-7-27(52-29)25-5-6-26(51-25)28-8-10-30(53-28)32-12-14-36(55-32)44-40-38(42(57-44)34-4-2-16-50-34)46-60-19-23-64-48(40)65-24-20-61-46/h1-16H,17-24H2. The third-order valence-electron chi connectivity index (χ3n) is 11.2. The van der Waals surface area contributed by atoms with E-state index in [0.29, 0.717) is 0 Å². The fraction of sp³-hybridized carbons (Fsp3) is 0.182. The molecule has 0 aliphatic carbocycles. The molecule has 16 radical (unpaired) electrons. The Balaban J connectivity index is 0.769. The lowest BCUT2D eigenvalue weighted by Gasteiger charge is -2.36. The van der Waals surface area contributed by atoms with E-state index < -0.39 is 0 Å². The molecular formula is C44H32N4S9Si8. The first-order valence-electron chi connectivity index (χ1n) is 21.2. The van der Waals surface area contributed by atoms with E-state index in [4.69, 9.17) is 0 Å². The van der Waals surface area contributed by atoms with E-state index in [-0.39, 0.29) is 0 Å². The van der Waals surface area contributed by atoms with Gasteiger partial charge in [-0.1, -0.05) is 12.1 Å². The summed E-state index contributed by atoms with van der Waals surface area (Å²) in [6.07, 6.45) is 4.57. The number of allylic oxidation sites excluding steroid dienone is 2. The number of hydrogen-bond donors (Lipinski definition) is 0. The zero-order valence-electron chi connectivity index (χ0n) is 34.4. The van der Waals surface area contributed by atoms with E-state index >= 15 is 0 Å². The van der Waals surface area contributed by atoms with Crippen LogP contribution in [-0.2, 0) is 0 Å². The quantitative estimate of drug-likeness (QED) is 0.111. The zero-order valence-corrected chi connectivity index (χ0v) is 49.7. The molecule has 4 nitrogen and oxygen atoms in total. The van der Waals surface area contributed by atoms with E-state index in [0.717, 1.165) is 77.4 Å². The first-order chi connectivity index (χ1) is 32.2. The molecule has 13 rings (SSSR count). The van der Waals surface area contributed by atoms with E-state index in [1.807, 2.05) is 79.0 Å². The average molecular weight is 1130 g/mol. The van der Waals surface area contributed by atoms with E-state index in [1.165, 1.54) is 126 Å². The number of anilines is 4. The lowest BCUT2D eigenvalue weighted by atomic mass is 10.2. The van der Waals surface area contributed by atoms with Gasteiger partial charge in [-0.25, -0.2) is 0 Å². The number of nitrogens with zero attached hydrogens (tertiary/aromatic N) is 4. The predicted octanol–water partition coefficient (Wildman–Crippen LogP) is 14.1. The van der Waals surface area contributed by atoms with Crippen molar-refractivity contribution in [2.24, 2.45) is 0 Å². The van der Waals surface area contributed by atoms with Crippen molar-refractivity contribution in [2.75, 3.05) is 16.9 Å². The van der Waals surface area contributed by atoms with Gasteiger partial charge in [-0.05, 0) is 132 Å². The van der Waals surface area contributed by atoms with Crippen LogP contribution in [0.4, 0.5) is 22.7 Å². The fourth-order valence-corrected chi connectivity index (χ4v) is 31.7. The molecule has 5 aliphatic heterocycles. The van der Waals surface area contributed by atoms with Gasteiger partial charge in [0, 0.05) is 58.5 Å². The Morgan fingerprint density at radius 2 is 0.662 bits per heavy atom. The lowest BCUT2D eigenvalue weighted by Crippen LogP contribution is -2.42. The molecule has 0 saturated heterocycles. The Bertz CT molecular complexity index is 3120. The summed E-state index contributed by atoms with van der Waals surface area (Å²) in [7, 11) is 9.06. The first kappa shape index (κ1) is 43.3. The minimum Gasteiger partial charge on any atom is -0.424 e. The summed E-state index contributed by atoms with van der Waals surface area (Å²) in [5, 5.41) is 4.50. The summed E-state index contributed by atoms with van der Waals surface area (Å²) >= 11 is 15.8. The van der Waals surface area contributed by atoms with Gasteiger partial charge in [0.25, 0.3) is 0 Å². The lowest BCUT2D eigenvalue weighted by molar-refractivity contribution is 1.27. The maximum Gasteiger partial charge on any atom is 0.170 e. The Labute approximate surface area is 435 Å². The molecule has 8 aromatic rings. The zero-order chi connectivity index (χ0) is 42.8. The Hall–Kier alpha value is -1.76. The summed E-state index contributed by atoms with van der Waals surface area (Å²) in [5.74, 6) is 0. The van der Waals surface area contributed by atoms with E-state index in [2.05, 4.69) is 135 Å². The van der Waals surface area contributed by atoms with Crippen molar-refractivity contribution in [2.45, 2.75) is 48.4 Å². The van der Waals surface area contributed by atoms with Gasteiger partial charge in [0.05, 0.1) is 42.3 Å². The topological polar surface area (TPSA) is 13.0 Å². The highest BCUT2D eigenvalue weighted by Crippen LogP contribution is 2.57. The molecule has 0 fully saturated rings. The molecule has 0 N–H and O–H groups in total. The molecule has 8 aromatic heterocycles. The maximum atomic E-state index is 2.81. The summed E-state index contributed by atoms with van der Waals surface area (Å²) in [5.41, 5.74) is 6.18. The number of rotatable bonds is 8. The van der Waals surface area contributed by atoms with Crippen LogP contribution >= 0.6 is 102 Å². The predicted molar refractivity (Wildman–Crippen MR) is 309 cm³/mol. The smallest absolute Gasteiger partial charge is 0.170 e. The van der Waals surface area contributed by atoms with Crippen LogP contribution in [0.2, 0.25) is 48.4 Å². The third-order valence-corrected chi connectivity index (χ3v) is 36.1. The monoisotopic (exact) mass is 1130 g/mol. The molecule has 4 bridgehead atoms. The molecule has 13 heterocycles. The molecular weight excluding hydrogens is 1100 g/mol. The second-order valence-electron chi connectivity index (χ2n) is 15.3. The average Bonchev–Trinajstić information content (AvgIpc) is 4.15. The highest BCUT2D eigenvalue weighted by atomic mass is 32.1. The van der Waals surface area contributed by atoms with E-state index in [9.17, 15) is 0 Å². The van der Waals surface area contributed by atoms with Crippen molar-refractivity contribution >= 4 is 212 Å². The maximum absolute atomic E-state index is 2.81. The Kier molecular flexibility index (Phi) is 12.6. The summed E-state index contributed by atoms with van der Waals surface area (Å²) in [4.78, 5) is 22.6. The molecule has 0 spiro atoms. The van der Waals surface area contributed by atoms with Crippen LogP contribution in [0.1, 0.15) is 4.88 Å². The normalized spacial score (nSPS) is 17.5. The van der Waals surface area contributed by atoms with Crippen molar-refractivity contribution in [1.82, 2.24) is 0 Å². The van der Waals surface area contributed by atoms with Crippen molar-refractivity contribution in [1.29, 1.82) is 0 Å². The van der Waals surface area contributed by atoms with Crippen molar-refractivity contribution in [3.05, 3.63) is 95.2 Å². The Morgan fingerprint density at radius 3 is 1.00 bits per heavy atom. The van der Waals surface area contributed by atoms with Crippen LogP contribution in [0.15, 0.2) is 90.3 Å². The van der Waals surface area contributed by atoms with Crippen molar-refractivity contribution < 1.29 is 0 Å². The SMILES string of the molecule is C1=CC(c2sc(-c3ccc(-c4ccc(-c5ccc(-c6ccc(-c7ccc(-c8sc(-c9cccs9)c9c8N8[Si]CC[Si]N9[Si]CC[Si]8)s7)s6)s5)s4)s3)c3c2N2[Si]CC[Si]N3[Si]CC[Si]2)=S=C1. The van der Waals surface area contributed by atoms with Crippen LogP contribution in [0, 0.1) is 0 Å². The number of thiophene rings is 8. The highest BCUT2D eigenvalue weighted by Gasteiger charge is 2.34. The van der Waals surface area contributed by atoms with Gasteiger partial charge < -0.3 is 16.9 Å².